The fourth-order valence-corrected chi connectivity index (χ4v) is 8.42. The van der Waals surface area contributed by atoms with Crippen LogP contribution >= 0.6 is 22.7 Å². The van der Waals surface area contributed by atoms with Gasteiger partial charge in [-0.3, -0.25) is 14.3 Å². The minimum Gasteiger partial charge on any atom is -1.00 e. The third kappa shape index (κ3) is 7.52. The molecule has 0 amide bonds. The first-order valence-corrected chi connectivity index (χ1v) is 17.8. The zero-order chi connectivity index (χ0) is 32.9. The summed E-state index contributed by atoms with van der Waals surface area (Å²) in [4.78, 5) is 46.2. The Morgan fingerprint density at radius 3 is 2.38 bits per heavy atom. The van der Waals surface area contributed by atoms with Crippen LogP contribution in [0.2, 0.25) is 0 Å². The molecular formula is C34H40BrN5O6S2. The van der Waals surface area contributed by atoms with Gasteiger partial charge in [-0.1, -0.05) is 37.3 Å². The van der Waals surface area contributed by atoms with Crippen LogP contribution in [0.3, 0.4) is 0 Å². The first kappa shape index (κ1) is 35.7. The summed E-state index contributed by atoms with van der Waals surface area (Å²) >= 11 is 2.77. The van der Waals surface area contributed by atoms with Crippen molar-refractivity contribution in [3.8, 4) is 5.75 Å². The van der Waals surface area contributed by atoms with Crippen LogP contribution in [0.1, 0.15) is 42.4 Å². The lowest BCUT2D eigenvalue weighted by Crippen LogP contribution is -3.00. The molecule has 14 heteroatoms. The molecule has 2 bridgehead atoms. The average molecular weight is 759 g/mol. The van der Waals surface area contributed by atoms with E-state index in [-0.39, 0.29) is 23.1 Å². The van der Waals surface area contributed by atoms with Crippen molar-refractivity contribution in [3.63, 3.8) is 0 Å². The van der Waals surface area contributed by atoms with Crippen molar-refractivity contribution in [2.24, 2.45) is 5.92 Å². The molecule has 3 aliphatic rings. The van der Waals surface area contributed by atoms with Crippen molar-refractivity contribution in [3.05, 3.63) is 102 Å². The summed E-state index contributed by atoms with van der Waals surface area (Å²) in [5.74, 6) is 0.741. The first-order chi connectivity index (χ1) is 22.8. The Kier molecular flexibility index (Phi) is 11.7. The van der Waals surface area contributed by atoms with Crippen molar-refractivity contribution >= 4 is 39.8 Å². The number of hydrogen-bond acceptors (Lipinski definition) is 9. The molecule has 256 valence electrons. The van der Waals surface area contributed by atoms with Gasteiger partial charge in [0.25, 0.3) is 5.56 Å². The van der Waals surface area contributed by atoms with E-state index in [0.29, 0.717) is 40.0 Å². The third-order valence-electron chi connectivity index (χ3n) is 9.15. The van der Waals surface area contributed by atoms with Crippen LogP contribution in [0.25, 0.3) is 11.2 Å². The highest BCUT2D eigenvalue weighted by Crippen LogP contribution is 2.40. The monoisotopic (exact) mass is 757 g/mol. The van der Waals surface area contributed by atoms with E-state index in [1.54, 1.807) is 0 Å². The van der Waals surface area contributed by atoms with Gasteiger partial charge in [0.05, 0.1) is 42.3 Å². The number of piperidine rings is 3. The highest BCUT2D eigenvalue weighted by molar-refractivity contribution is 7.12. The van der Waals surface area contributed by atoms with Gasteiger partial charge in [0, 0.05) is 31.7 Å². The molecule has 4 aromatic heterocycles. The van der Waals surface area contributed by atoms with E-state index in [2.05, 4.69) is 15.0 Å². The number of para-hydroxylation sites is 1. The van der Waals surface area contributed by atoms with Gasteiger partial charge in [0.1, 0.15) is 17.8 Å². The van der Waals surface area contributed by atoms with Gasteiger partial charge in [-0.15, -0.1) is 22.7 Å². The Bertz CT molecular complexity index is 1830. The number of halogens is 1. The molecule has 3 N–H and O–H groups in total. The van der Waals surface area contributed by atoms with Gasteiger partial charge >= 0.3 is 11.7 Å². The van der Waals surface area contributed by atoms with Crippen molar-refractivity contribution in [1.29, 1.82) is 0 Å². The lowest BCUT2D eigenvalue weighted by Gasteiger charge is -2.52. The zero-order valence-corrected chi connectivity index (χ0v) is 29.9. The summed E-state index contributed by atoms with van der Waals surface area (Å²) in [5.41, 5.74) is -1.80. The topological polar surface area (TPSA) is 139 Å². The quantitative estimate of drug-likeness (QED) is 0.106. The van der Waals surface area contributed by atoms with Gasteiger partial charge in [0.2, 0.25) is 5.60 Å². The number of thiophene rings is 2. The first-order valence-electron chi connectivity index (χ1n) is 16.0. The van der Waals surface area contributed by atoms with Gasteiger partial charge < -0.3 is 41.0 Å². The van der Waals surface area contributed by atoms with Crippen LogP contribution in [-0.2, 0) is 21.7 Å². The molecule has 5 aromatic rings. The normalized spacial score (nSPS) is 20.0. The molecule has 3 saturated heterocycles. The molecule has 0 aliphatic carbocycles. The molecule has 8 rings (SSSR count). The zero-order valence-electron chi connectivity index (χ0n) is 26.7. The van der Waals surface area contributed by atoms with Gasteiger partial charge in [-0.2, -0.15) is 0 Å². The van der Waals surface area contributed by atoms with Crippen LogP contribution in [0.4, 0.5) is 0 Å². The van der Waals surface area contributed by atoms with Crippen LogP contribution in [-0.4, -0.2) is 74.0 Å². The minimum absolute atomic E-state index is 0. The predicted molar refractivity (Wildman–Crippen MR) is 182 cm³/mol. The van der Waals surface area contributed by atoms with E-state index < -0.39 is 22.8 Å². The third-order valence-corrected chi connectivity index (χ3v) is 11.1. The number of aryl methyl sites for hydroxylation is 1. The molecule has 7 heterocycles. The molecule has 3 fully saturated rings. The molecular weight excluding hydrogens is 718 g/mol. The second-order valence-electron chi connectivity index (χ2n) is 12.2. The summed E-state index contributed by atoms with van der Waals surface area (Å²) in [6.45, 7) is 7.30. The van der Waals surface area contributed by atoms with Crippen LogP contribution in [0.5, 0.6) is 5.75 Å². The van der Waals surface area contributed by atoms with Gasteiger partial charge in [0.15, 0.2) is 11.8 Å². The van der Waals surface area contributed by atoms with E-state index >= 15 is 0 Å². The maximum absolute atomic E-state index is 13.4. The van der Waals surface area contributed by atoms with Crippen molar-refractivity contribution in [1.82, 2.24) is 19.5 Å². The number of ether oxygens (including phenoxy) is 2. The molecule has 0 unspecified atom stereocenters. The summed E-state index contributed by atoms with van der Waals surface area (Å²) in [6, 6.07) is 17.3. The number of rotatable bonds is 11. The maximum Gasteiger partial charge on any atom is 0.349 e. The largest absolute Gasteiger partial charge is 1.00 e. The molecule has 1 atom stereocenters. The highest BCUT2D eigenvalue weighted by Gasteiger charge is 2.51. The van der Waals surface area contributed by atoms with Crippen molar-refractivity contribution < 1.29 is 40.8 Å². The number of aliphatic hydroxyl groups is 1. The number of nitrogens with zero attached hydrogens (tertiary/aromatic N) is 3. The molecule has 1 aromatic carbocycles. The summed E-state index contributed by atoms with van der Waals surface area (Å²) in [7, 11) is 0. The minimum atomic E-state index is -1.73. The second-order valence-corrected chi connectivity index (χ2v) is 14.1. The molecule has 11 nitrogen and oxygen atoms in total. The summed E-state index contributed by atoms with van der Waals surface area (Å²) in [6.07, 6.45) is 5.16. The maximum atomic E-state index is 13.4. The van der Waals surface area contributed by atoms with Crippen molar-refractivity contribution in [2.75, 3.05) is 32.8 Å². The Morgan fingerprint density at radius 2 is 1.75 bits per heavy atom. The number of esters is 1. The average Bonchev–Trinajstić information content (AvgIpc) is 3.90. The number of H-pyrrole nitrogens is 2. The van der Waals surface area contributed by atoms with Gasteiger partial charge in [-0.25, -0.2) is 14.6 Å². The van der Waals surface area contributed by atoms with E-state index in [1.807, 2.05) is 72.3 Å². The number of aromatic amines is 2. The SMILES string of the molecule is CCCn1c(=O)[nH]c(=O)c2[nH]cnc21.O=C(O[C@@H]1C[N+]2(CCCOc3ccccc3)CCC1CC2)C(O)(c1cccs1)c1cccs1.[Br-]. The number of benzene rings is 1. The highest BCUT2D eigenvalue weighted by atomic mass is 79.9. The van der Waals surface area contributed by atoms with Crippen LogP contribution in [0.15, 0.2) is 81.3 Å². The van der Waals surface area contributed by atoms with E-state index in [9.17, 15) is 19.5 Å². The number of carbonyl (C=O) groups excluding carboxylic acids is 1. The fourth-order valence-electron chi connectivity index (χ4n) is 6.70. The van der Waals surface area contributed by atoms with Gasteiger partial charge in [-0.05, 0) is 41.4 Å². The Hall–Kier alpha value is -3.56. The fraction of sp³-hybridized carbons (Fsp3) is 0.412. The number of aromatic nitrogens is 4. The van der Waals surface area contributed by atoms with E-state index in [4.69, 9.17) is 9.47 Å². The Labute approximate surface area is 296 Å². The van der Waals surface area contributed by atoms with Crippen LogP contribution < -0.4 is 33.0 Å². The lowest BCUT2D eigenvalue weighted by atomic mass is 9.83. The van der Waals surface area contributed by atoms with E-state index in [0.717, 1.165) is 62.1 Å². The number of hydrogen-bond donors (Lipinski definition) is 3. The predicted octanol–water partition coefficient (Wildman–Crippen LogP) is 1.49. The molecule has 48 heavy (non-hydrogen) atoms. The second kappa shape index (κ2) is 15.8. The van der Waals surface area contributed by atoms with Crippen molar-refractivity contribution in [2.45, 2.75) is 50.9 Å². The van der Waals surface area contributed by atoms with E-state index in [1.165, 1.54) is 33.6 Å². The van der Waals surface area contributed by atoms with Crippen LogP contribution in [0, 0.1) is 5.92 Å². The molecule has 3 aliphatic heterocycles. The number of fused-ring (bicyclic) bond motifs is 4. The molecule has 0 saturated carbocycles. The standard InChI is InChI=1S/C26H30NO4S2.C8H10N4O2.BrH/c28-25(26(29,23-9-4-17-32-23)24-10-5-18-33-24)31-22-19-27(14-11-20(22)12-15-27)13-6-16-30-21-7-2-1-3-8-21;1-2-3-12-6-5(9-4-10-6)7(13)11-8(12)14;/h1-5,7-10,17-18,20,22,29H,6,11-16,19H2;4H,2-3H2,1H3,(H,9,10)(H,11,13,14);1H/q+1;;/p-1/t20?,22-,27?;;/m1../s1. The molecule has 0 spiro atoms. The smallest absolute Gasteiger partial charge is 0.349 e. The Balaban J connectivity index is 0.000000252. The summed E-state index contributed by atoms with van der Waals surface area (Å²) < 4.78 is 14.4. The number of carbonyl (C=O) groups is 1. The Morgan fingerprint density at radius 1 is 1.06 bits per heavy atom. The number of imidazole rings is 1. The number of nitrogens with one attached hydrogen (secondary N) is 2. The summed E-state index contributed by atoms with van der Waals surface area (Å²) in [5, 5.41) is 15.3. The molecule has 0 radical (unpaired) electrons. The number of quaternary nitrogens is 1. The lowest BCUT2D eigenvalue weighted by molar-refractivity contribution is -0.946.